The summed E-state index contributed by atoms with van der Waals surface area (Å²) in [5.74, 6) is 1.56. The first-order valence-electron chi connectivity index (χ1n) is 6.35. The van der Waals surface area contributed by atoms with E-state index in [1.807, 2.05) is 12.1 Å². The first-order chi connectivity index (χ1) is 8.11. The molecule has 0 bridgehead atoms. The molecular weight excluding hydrogens is 232 g/mol. The minimum Gasteiger partial charge on any atom is -0.371 e. The fourth-order valence-corrected chi connectivity index (χ4v) is 2.70. The van der Waals surface area contributed by atoms with Crippen molar-refractivity contribution in [3.8, 4) is 0 Å². The lowest BCUT2D eigenvalue weighted by atomic mass is 9.88. The van der Waals surface area contributed by atoms with Gasteiger partial charge < -0.3 is 10.6 Å². The minimum absolute atomic E-state index is 0.552. The fraction of sp³-hybridized carbons (Fsp3) is 0.571. The summed E-state index contributed by atoms with van der Waals surface area (Å²) in [6.45, 7) is 7.47. The molecule has 1 aliphatic heterocycles. The first-order valence-corrected chi connectivity index (χ1v) is 6.73. The summed E-state index contributed by atoms with van der Waals surface area (Å²) in [6, 6.07) is 6.05. The molecule has 0 aliphatic carbocycles. The molecule has 0 aromatic heterocycles. The molecule has 2 rings (SSSR count). The molecule has 1 saturated heterocycles. The molecule has 0 radical (unpaired) electrons. The molecule has 3 heteroatoms. The lowest BCUT2D eigenvalue weighted by molar-refractivity contribution is 0.323. The predicted molar refractivity (Wildman–Crippen MR) is 74.5 cm³/mol. The Morgan fingerprint density at radius 2 is 2.12 bits per heavy atom. The number of nitrogens with zero attached hydrogens (tertiary/aromatic N) is 1. The van der Waals surface area contributed by atoms with Crippen molar-refractivity contribution >= 4 is 17.3 Å². The van der Waals surface area contributed by atoms with Gasteiger partial charge in [-0.3, -0.25) is 0 Å². The van der Waals surface area contributed by atoms with Crippen LogP contribution in [0.4, 0.5) is 5.69 Å². The van der Waals surface area contributed by atoms with Gasteiger partial charge in [-0.1, -0.05) is 25.4 Å². The molecule has 1 heterocycles. The van der Waals surface area contributed by atoms with E-state index >= 15 is 0 Å². The highest BCUT2D eigenvalue weighted by molar-refractivity contribution is 6.30. The zero-order chi connectivity index (χ0) is 12.4. The number of benzene rings is 1. The highest BCUT2D eigenvalue weighted by Gasteiger charge is 2.23. The Hall–Kier alpha value is -0.730. The molecule has 1 fully saturated rings. The normalized spacial score (nSPS) is 25.1. The van der Waals surface area contributed by atoms with Crippen molar-refractivity contribution in [3.63, 3.8) is 0 Å². The van der Waals surface area contributed by atoms with Crippen LogP contribution >= 0.6 is 11.6 Å². The van der Waals surface area contributed by atoms with E-state index in [2.05, 4.69) is 24.8 Å². The zero-order valence-corrected chi connectivity index (χ0v) is 11.4. The Bertz CT molecular complexity index is 392. The molecule has 0 amide bonds. The molecular formula is C14H21ClN2. The van der Waals surface area contributed by atoms with Gasteiger partial charge in [-0.2, -0.15) is 0 Å². The maximum Gasteiger partial charge on any atom is 0.0412 e. The van der Waals surface area contributed by atoms with Crippen molar-refractivity contribution in [2.45, 2.75) is 26.8 Å². The van der Waals surface area contributed by atoms with Crippen LogP contribution in [0, 0.1) is 11.8 Å². The van der Waals surface area contributed by atoms with Gasteiger partial charge in [0, 0.05) is 30.3 Å². The second kappa shape index (κ2) is 5.28. The molecule has 2 nitrogen and oxygen atoms in total. The SMILES string of the molecule is CC1CCN(c2ccc(Cl)cc2CN)CC1C. The van der Waals surface area contributed by atoms with Crippen LogP contribution in [0.3, 0.4) is 0 Å². The van der Waals surface area contributed by atoms with Crippen LogP contribution in [0.2, 0.25) is 5.02 Å². The Morgan fingerprint density at radius 1 is 1.35 bits per heavy atom. The third kappa shape index (κ3) is 2.75. The van der Waals surface area contributed by atoms with Gasteiger partial charge in [0.05, 0.1) is 0 Å². The standard InChI is InChI=1S/C14H21ClN2/c1-10-5-6-17(9-11(10)2)14-4-3-13(15)7-12(14)8-16/h3-4,7,10-11H,5-6,8-9,16H2,1-2H3. The van der Waals surface area contributed by atoms with Crippen molar-refractivity contribution in [1.82, 2.24) is 0 Å². The minimum atomic E-state index is 0.552. The van der Waals surface area contributed by atoms with E-state index in [0.29, 0.717) is 6.54 Å². The fourth-order valence-electron chi connectivity index (χ4n) is 2.51. The van der Waals surface area contributed by atoms with Crippen molar-refractivity contribution in [2.24, 2.45) is 17.6 Å². The van der Waals surface area contributed by atoms with E-state index in [-0.39, 0.29) is 0 Å². The van der Waals surface area contributed by atoms with Crippen LogP contribution in [0.25, 0.3) is 0 Å². The van der Waals surface area contributed by atoms with Crippen molar-refractivity contribution in [3.05, 3.63) is 28.8 Å². The molecule has 2 unspecified atom stereocenters. The van der Waals surface area contributed by atoms with E-state index in [1.54, 1.807) is 0 Å². The Morgan fingerprint density at radius 3 is 2.76 bits per heavy atom. The Kier molecular flexibility index (Phi) is 3.95. The number of hydrogen-bond donors (Lipinski definition) is 1. The Balaban J connectivity index is 2.22. The van der Waals surface area contributed by atoms with E-state index in [1.165, 1.54) is 12.1 Å². The summed E-state index contributed by atoms with van der Waals surface area (Å²) >= 11 is 6.01. The Labute approximate surface area is 109 Å². The number of nitrogens with two attached hydrogens (primary N) is 1. The van der Waals surface area contributed by atoms with E-state index in [9.17, 15) is 0 Å². The highest BCUT2D eigenvalue weighted by Crippen LogP contribution is 2.30. The maximum absolute atomic E-state index is 6.01. The molecule has 1 aromatic rings. The summed E-state index contributed by atoms with van der Waals surface area (Å²) in [4.78, 5) is 2.45. The van der Waals surface area contributed by atoms with Gasteiger partial charge in [0.25, 0.3) is 0 Å². The van der Waals surface area contributed by atoms with Gasteiger partial charge in [-0.05, 0) is 42.0 Å². The van der Waals surface area contributed by atoms with Gasteiger partial charge >= 0.3 is 0 Å². The van der Waals surface area contributed by atoms with Crippen molar-refractivity contribution in [1.29, 1.82) is 0 Å². The molecule has 1 aliphatic rings. The smallest absolute Gasteiger partial charge is 0.0412 e. The van der Waals surface area contributed by atoms with Crippen LogP contribution in [0.5, 0.6) is 0 Å². The van der Waals surface area contributed by atoms with Crippen LogP contribution in [-0.2, 0) is 6.54 Å². The molecule has 0 spiro atoms. The van der Waals surface area contributed by atoms with Gasteiger partial charge in [0.15, 0.2) is 0 Å². The van der Waals surface area contributed by atoms with E-state index in [4.69, 9.17) is 17.3 Å². The molecule has 2 N–H and O–H groups in total. The van der Waals surface area contributed by atoms with Gasteiger partial charge in [-0.15, -0.1) is 0 Å². The van der Waals surface area contributed by atoms with E-state index in [0.717, 1.165) is 35.5 Å². The molecule has 0 saturated carbocycles. The summed E-state index contributed by atoms with van der Waals surface area (Å²) in [7, 11) is 0. The summed E-state index contributed by atoms with van der Waals surface area (Å²) in [5, 5.41) is 0.771. The molecule has 94 valence electrons. The molecule has 1 aromatic carbocycles. The van der Waals surface area contributed by atoms with Crippen LogP contribution in [0.1, 0.15) is 25.8 Å². The van der Waals surface area contributed by atoms with Gasteiger partial charge in [-0.25, -0.2) is 0 Å². The highest BCUT2D eigenvalue weighted by atomic mass is 35.5. The third-order valence-electron chi connectivity index (χ3n) is 3.94. The topological polar surface area (TPSA) is 29.3 Å². The molecule has 2 atom stereocenters. The number of anilines is 1. The maximum atomic E-state index is 6.01. The second-order valence-electron chi connectivity index (χ2n) is 5.17. The molecule has 17 heavy (non-hydrogen) atoms. The van der Waals surface area contributed by atoms with Crippen molar-refractivity contribution < 1.29 is 0 Å². The lowest BCUT2D eigenvalue weighted by Crippen LogP contribution is -2.39. The predicted octanol–water partition coefficient (Wildman–Crippen LogP) is 3.28. The number of rotatable bonds is 2. The average molecular weight is 253 g/mol. The third-order valence-corrected chi connectivity index (χ3v) is 4.17. The average Bonchev–Trinajstić information content (AvgIpc) is 2.32. The summed E-state index contributed by atoms with van der Waals surface area (Å²) < 4.78 is 0. The quantitative estimate of drug-likeness (QED) is 0.875. The van der Waals surface area contributed by atoms with Crippen molar-refractivity contribution in [2.75, 3.05) is 18.0 Å². The number of hydrogen-bond acceptors (Lipinski definition) is 2. The number of halogens is 1. The largest absolute Gasteiger partial charge is 0.371 e. The first kappa shape index (κ1) is 12.7. The van der Waals surface area contributed by atoms with Crippen LogP contribution < -0.4 is 10.6 Å². The van der Waals surface area contributed by atoms with E-state index < -0.39 is 0 Å². The zero-order valence-electron chi connectivity index (χ0n) is 10.6. The second-order valence-corrected chi connectivity index (χ2v) is 5.60. The number of piperidine rings is 1. The van der Waals surface area contributed by atoms with Gasteiger partial charge in [0.1, 0.15) is 0 Å². The lowest BCUT2D eigenvalue weighted by Gasteiger charge is -2.37. The summed E-state index contributed by atoms with van der Waals surface area (Å²) in [5.41, 5.74) is 8.21. The summed E-state index contributed by atoms with van der Waals surface area (Å²) in [6.07, 6.45) is 1.26. The monoisotopic (exact) mass is 252 g/mol. The van der Waals surface area contributed by atoms with Gasteiger partial charge in [0.2, 0.25) is 0 Å². The van der Waals surface area contributed by atoms with Crippen LogP contribution in [0.15, 0.2) is 18.2 Å². The van der Waals surface area contributed by atoms with Crippen LogP contribution in [-0.4, -0.2) is 13.1 Å².